The molecule has 5 aliphatic rings. The fraction of sp³-hybridized carbons (Fsp3) is 0.944. The van der Waals surface area contributed by atoms with Gasteiger partial charge in [-0.1, -0.05) is 0 Å². The molecule has 0 N–H and O–H groups in total. The van der Waals surface area contributed by atoms with Crippen molar-refractivity contribution >= 4 is 5.91 Å². The average molecular weight is 291 g/mol. The minimum Gasteiger partial charge on any atom is -0.372 e. The van der Waals surface area contributed by atoms with Crippen LogP contribution in [-0.4, -0.2) is 36.1 Å². The molecule has 4 saturated carbocycles. The van der Waals surface area contributed by atoms with Gasteiger partial charge in [-0.3, -0.25) is 4.79 Å². The quantitative estimate of drug-likeness (QED) is 0.782. The predicted molar refractivity (Wildman–Crippen MR) is 81.8 cm³/mol. The molecule has 0 aromatic heterocycles. The predicted octanol–water partition coefficient (Wildman–Crippen LogP) is 3.23. The molecule has 0 unspecified atom stereocenters. The summed E-state index contributed by atoms with van der Waals surface area (Å²) in [5.41, 5.74) is 0.372. The van der Waals surface area contributed by atoms with Gasteiger partial charge in [0.05, 0.1) is 12.2 Å². The SMILES string of the molecule is C[C@@H]1CN(C(=O)CC23CC4CC(CC(C4)C2)C3)C[C@@H](C)O1. The van der Waals surface area contributed by atoms with E-state index in [1.54, 1.807) is 0 Å². The Kier molecular flexibility index (Phi) is 3.33. The van der Waals surface area contributed by atoms with Crippen molar-refractivity contribution in [3.8, 4) is 0 Å². The first kappa shape index (κ1) is 14.0. The van der Waals surface area contributed by atoms with Crippen LogP contribution in [0.1, 0.15) is 58.8 Å². The topological polar surface area (TPSA) is 29.5 Å². The number of morpholine rings is 1. The number of rotatable bonds is 2. The minimum absolute atomic E-state index is 0.189. The smallest absolute Gasteiger partial charge is 0.223 e. The summed E-state index contributed by atoms with van der Waals surface area (Å²) in [6, 6.07) is 0. The summed E-state index contributed by atoms with van der Waals surface area (Å²) in [6.07, 6.45) is 9.57. The molecule has 4 aliphatic carbocycles. The Morgan fingerprint density at radius 3 is 1.95 bits per heavy atom. The van der Waals surface area contributed by atoms with Gasteiger partial charge in [0.1, 0.15) is 0 Å². The summed E-state index contributed by atoms with van der Waals surface area (Å²) >= 11 is 0. The van der Waals surface area contributed by atoms with E-state index in [2.05, 4.69) is 18.7 Å². The second kappa shape index (κ2) is 4.97. The number of ether oxygens (including phenoxy) is 1. The largest absolute Gasteiger partial charge is 0.372 e. The zero-order valence-corrected chi connectivity index (χ0v) is 13.5. The van der Waals surface area contributed by atoms with E-state index >= 15 is 0 Å². The molecule has 1 amide bonds. The van der Waals surface area contributed by atoms with E-state index in [1.165, 1.54) is 38.5 Å². The highest BCUT2D eigenvalue weighted by Crippen LogP contribution is 2.61. The van der Waals surface area contributed by atoms with Gasteiger partial charge in [-0.05, 0) is 75.5 Å². The third-order valence-electron chi connectivity index (χ3n) is 6.46. The number of hydrogen-bond donors (Lipinski definition) is 0. The lowest BCUT2D eigenvalue weighted by Crippen LogP contribution is -2.52. The molecule has 1 aliphatic heterocycles. The van der Waals surface area contributed by atoms with Crippen molar-refractivity contribution in [2.24, 2.45) is 23.2 Å². The summed E-state index contributed by atoms with van der Waals surface area (Å²) in [6.45, 7) is 5.74. The van der Waals surface area contributed by atoms with Gasteiger partial charge in [-0.15, -0.1) is 0 Å². The van der Waals surface area contributed by atoms with E-state index in [9.17, 15) is 4.79 Å². The summed E-state index contributed by atoms with van der Waals surface area (Å²) in [7, 11) is 0. The molecule has 0 aromatic carbocycles. The standard InChI is InChI=1S/C18H29NO2/c1-12-10-19(11-13(2)21-12)17(20)9-18-6-14-3-15(7-18)5-16(4-14)8-18/h12-16H,3-11H2,1-2H3/t12-,13-,14?,15?,16?,18?/m1/s1. The monoisotopic (exact) mass is 291 g/mol. The van der Waals surface area contributed by atoms with E-state index in [0.29, 0.717) is 11.3 Å². The third-order valence-corrected chi connectivity index (χ3v) is 6.46. The van der Waals surface area contributed by atoms with Crippen LogP contribution in [0, 0.1) is 23.2 Å². The van der Waals surface area contributed by atoms with Crippen LogP contribution in [0.2, 0.25) is 0 Å². The molecule has 3 heteroatoms. The Morgan fingerprint density at radius 2 is 1.48 bits per heavy atom. The summed E-state index contributed by atoms with van der Waals surface area (Å²) in [5.74, 6) is 3.21. The van der Waals surface area contributed by atoms with Crippen LogP contribution in [0.4, 0.5) is 0 Å². The first-order valence-corrected chi connectivity index (χ1v) is 8.94. The number of carbonyl (C=O) groups excluding carboxylic acids is 1. The molecule has 4 bridgehead atoms. The summed E-state index contributed by atoms with van der Waals surface area (Å²) < 4.78 is 5.77. The molecule has 118 valence electrons. The van der Waals surface area contributed by atoms with Gasteiger partial charge >= 0.3 is 0 Å². The molecule has 0 spiro atoms. The van der Waals surface area contributed by atoms with Crippen LogP contribution in [-0.2, 0) is 9.53 Å². The lowest BCUT2D eigenvalue weighted by molar-refractivity contribution is -0.150. The van der Waals surface area contributed by atoms with Crippen LogP contribution in [0.3, 0.4) is 0 Å². The number of carbonyl (C=O) groups is 1. The normalized spacial score (nSPS) is 48.7. The lowest BCUT2D eigenvalue weighted by Gasteiger charge is -2.57. The van der Waals surface area contributed by atoms with Gasteiger partial charge in [-0.25, -0.2) is 0 Å². The first-order chi connectivity index (χ1) is 10.0. The highest BCUT2D eigenvalue weighted by atomic mass is 16.5. The van der Waals surface area contributed by atoms with Crippen molar-refractivity contribution in [2.75, 3.05) is 13.1 Å². The van der Waals surface area contributed by atoms with E-state index in [0.717, 1.165) is 37.3 Å². The Hall–Kier alpha value is -0.570. The van der Waals surface area contributed by atoms with Gasteiger partial charge < -0.3 is 9.64 Å². The second-order valence-corrected chi connectivity index (χ2v) is 8.65. The zero-order valence-electron chi connectivity index (χ0n) is 13.5. The summed E-state index contributed by atoms with van der Waals surface area (Å²) in [5, 5.41) is 0. The van der Waals surface area contributed by atoms with Crippen molar-refractivity contribution in [2.45, 2.75) is 71.0 Å². The first-order valence-electron chi connectivity index (χ1n) is 8.94. The van der Waals surface area contributed by atoms with Gasteiger partial charge in [-0.2, -0.15) is 0 Å². The molecule has 0 radical (unpaired) electrons. The van der Waals surface area contributed by atoms with E-state index in [4.69, 9.17) is 4.74 Å². The van der Waals surface area contributed by atoms with Gasteiger partial charge in [0.25, 0.3) is 0 Å². The van der Waals surface area contributed by atoms with Crippen LogP contribution < -0.4 is 0 Å². The van der Waals surface area contributed by atoms with Gasteiger partial charge in [0, 0.05) is 19.5 Å². The zero-order chi connectivity index (χ0) is 14.6. The van der Waals surface area contributed by atoms with Crippen molar-refractivity contribution in [3.05, 3.63) is 0 Å². The maximum Gasteiger partial charge on any atom is 0.223 e. The average Bonchev–Trinajstić information content (AvgIpc) is 2.35. The molecule has 21 heavy (non-hydrogen) atoms. The lowest BCUT2D eigenvalue weighted by atomic mass is 9.49. The number of nitrogens with zero attached hydrogens (tertiary/aromatic N) is 1. The maximum absolute atomic E-state index is 12.8. The fourth-order valence-corrected chi connectivity index (χ4v) is 6.32. The minimum atomic E-state index is 0.189. The van der Waals surface area contributed by atoms with Gasteiger partial charge in [0.15, 0.2) is 0 Å². The van der Waals surface area contributed by atoms with E-state index < -0.39 is 0 Å². The van der Waals surface area contributed by atoms with Crippen LogP contribution in [0.5, 0.6) is 0 Å². The molecule has 3 nitrogen and oxygen atoms in total. The van der Waals surface area contributed by atoms with Crippen molar-refractivity contribution in [1.82, 2.24) is 4.90 Å². The maximum atomic E-state index is 12.8. The molecule has 5 fully saturated rings. The van der Waals surface area contributed by atoms with Crippen LogP contribution in [0.15, 0.2) is 0 Å². The molecular formula is C18H29NO2. The Bertz CT molecular complexity index is 388. The fourth-order valence-electron chi connectivity index (χ4n) is 6.32. The molecular weight excluding hydrogens is 262 g/mol. The molecule has 2 atom stereocenters. The highest BCUT2D eigenvalue weighted by Gasteiger charge is 2.51. The van der Waals surface area contributed by atoms with E-state index in [1.807, 2.05) is 0 Å². The van der Waals surface area contributed by atoms with Crippen molar-refractivity contribution < 1.29 is 9.53 Å². The Morgan fingerprint density at radius 1 is 1.00 bits per heavy atom. The van der Waals surface area contributed by atoms with Crippen LogP contribution >= 0.6 is 0 Å². The number of amides is 1. The molecule has 1 saturated heterocycles. The second-order valence-electron chi connectivity index (χ2n) is 8.65. The molecule has 0 aromatic rings. The van der Waals surface area contributed by atoms with Crippen LogP contribution in [0.25, 0.3) is 0 Å². The Labute approximate surface area is 128 Å². The van der Waals surface area contributed by atoms with Gasteiger partial charge in [0.2, 0.25) is 5.91 Å². The van der Waals surface area contributed by atoms with E-state index in [-0.39, 0.29) is 12.2 Å². The van der Waals surface area contributed by atoms with Crippen molar-refractivity contribution in [1.29, 1.82) is 0 Å². The molecule has 5 rings (SSSR count). The third kappa shape index (κ3) is 2.62. The summed E-state index contributed by atoms with van der Waals surface area (Å²) in [4.78, 5) is 14.9. The van der Waals surface area contributed by atoms with Crippen molar-refractivity contribution in [3.63, 3.8) is 0 Å². The Balaban J connectivity index is 1.44. The highest BCUT2D eigenvalue weighted by molar-refractivity contribution is 5.77. The molecule has 1 heterocycles. The number of hydrogen-bond acceptors (Lipinski definition) is 2.